The van der Waals surface area contributed by atoms with E-state index in [0.29, 0.717) is 15.9 Å². The molecule has 0 aliphatic heterocycles. The summed E-state index contributed by atoms with van der Waals surface area (Å²) in [5.41, 5.74) is 6.48. The van der Waals surface area contributed by atoms with Crippen LogP contribution in [0, 0.1) is 5.82 Å². The predicted molar refractivity (Wildman–Crippen MR) is 57.3 cm³/mol. The maximum atomic E-state index is 13.0. The molecule has 0 spiro atoms. The van der Waals surface area contributed by atoms with Crippen molar-refractivity contribution in [3.63, 3.8) is 0 Å². The monoisotopic (exact) mass is 268 g/mol. The van der Waals surface area contributed by atoms with E-state index in [0.717, 1.165) is 0 Å². The summed E-state index contributed by atoms with van der Waals surface area (Å²) in [6.07, 6.45) is 0. The van der Waals surface area contributed by atoms with Crippen molar-refractivity contribution in [1.29, 1.82) is 0 Å². The van der Waals surface area contributed by atoms with Crippen LogP contribution in [0.25, 0.3) is 11.3 Å². The highest BCUT2D eigenvalue weighted by atomic mass is 79.9. The summed E-state index contributed by atoms with van der Waals surface area (Å²) in [5, 5.41) is 7.30. The maximum Gasteiger partial charge on any atom is 0.240 e. The van der Waals surface area contributed by atoms with Crippen LogP contribution < -0.4 is 5.73 Å². The van der Waals surface area contributed by atoms with Crippen LogP contribution in [-0.4, -0.2) is 15.2 Å². The third-order valence-electron chi connectivity index (χ3n) is 1.76. The highest BCUT2D eigenvalue weighted by Gasteiger charge is 2.08. The van der Waals surface area contributed by atoms with Gasteiger partial charge in [0.05, 0.1) is 0 Å². The molecule has 0 atom stereocenters. The minimum atomic E-state index is -0.336. The molecule has 0 amide bonds. The number of nitrogens with two attached hydrogens (primary N) is 1. The molecule has 2 N–H and O–H groups in total. The lowest BCUT2D eigenvalue weighted by atomic mass is 10.2. The number of hydrogen-bond acceptors (Lipinski definition) is 4. The number of aromatic nitrogens is 3. The zero-order valence-corrected chi connectivity index (χ0v) is 9.07. The summed E-state index contributed by atoms with van der Waals surface area (Å²) >= 11 is 3.18. The maximum absolute atomic E-state index is 13.0. The summed E-state index contributed by atoms with van der Waals surface area (Å²) in [4.78, 5) is 3.97. The van der Waals surface area contributed by atoms with Gasteiger partial charge in [-0.2, -0.15) is 0 Å². The molecule has 0 aliphatic carbocycles. The lowest BCUT2D eigenvalue weighted by molar-refractivity contribution is 0.628. The average Bonchev–Trinajstić information content (AvgIpc) is 2.22. The Kier molecular flexibility index (Phi) is 2.59. The second-order valence-corrected chi connectivity index (χ2v) is 3.57. The van der Waals surface area contributed by atoms with E-state index in [1.807, 2.05) is 0 Å². The van der Waals surface area contributed by atoms with Crippen molar-refractivity contribution in [1.82, 2.24) is 15.2 Å². The summed E-state index contributed by atoms with van der Waals surface area (Å²) in [7, 11) is 0. The molecule has 1 aromatic carbocycles. The van der Waals surface area contributed by atoms with Crippen LogP contribution in [0.2, 0.25) is 0 Å². The molecule has 76 valence electrons. The molecule has 1 heterocycles. The van der Waals surface area contributed by atoms with Gasteiger partial charge in [-0.15, -0.1) is 10.2 Å². The van der Waals surface area contributed by atoms with Crippen molar-refractivity contribution < 1.29 is 4.39 Å². The molecule has 0 saturated heterocycles. The number of nitrogens with zero attached hydrogens (tertiary/aromatic N) is 3. The van der Waals surface area contributed by atoms with Crippen LogP contribution >= 0.6 is 15.9 Å². The fourth-order valence-corrected chi connectivity index (χ4v) is 1.54. The molecule has 4 nitrogen and oxygen atoms in total. The molecule has 2 aromatic rings. The Bertz CT molecular complexity index is 503. The Morgan fingerprint density at radius 3 is 2.80 bits per heavy atom. The van der Waals surface area contributed by atoms with Gasteiger partial charge < -0.3 is 5.73 Å². The molecule has 15 heavy (non-hydrogen) atoms. The second-order valence-electron chi connectivity index (χ2n) is 2.82. The first kappa shape index (κ1) is 9.97. The van der Waals surface area contributed by atoms with Crippen molar-refractivity contribution >= 4 is 21.9 Å². The van der Waals surface area contributed by atoms with E-state index in [4.69, 9.17) is 5.73 Å². The summed E-state index contributed by atoms with van der Waals surface area (Å²) in [5.74, 6) is -0.283. The van der Waals surface area contributed by atoms with Gasteiger partial charge in [0.2, 0.25) is 5.95 Å². The summed E-state index contributed by atoms with van der Waals surface area (Å²) in [6.45, 7) is 0. The number of nitrogen functional groups attached to an aromatic ring is 1. The first-order valence-corrected chi connectivity index (χ1v) is 4.88. The van der Waals surface area contributed by atoms with Crippen LogP contribution in [0.5, 0.6) is 0 Å². The molecular weight excluding hydrogens is 263 g/mol. The smallest absolute Gasteiger partial charge is 0.240 e. The Labute approximate surface area is 93.5 Å². The van der Waals surface area contributed by atoms with Gasteiger partial charge in [0, 0.05) is 5.56 Å². The number of anilines is 1. The van der Waals surface area contributed by atoms with Crippen molar-refractivity contribution in [2.24, 2.45) is 0 Å². The van der Waals surface area contributed by atoms with E-state index in [1.54, 1.807) is 12.1 Å². The van der Waals surface area contributed by atoms with E-state index in [-0.39, 0.29) is 11.8 Å². The lowest BCUT2D eigenvalue weighted by Crippen LogP contribution is -2.00. The van der Waals surface area contributed by atoms with Crippen molar-refractivity contribution in [3.05, 3.63) is 34.7 Å². The third kappa shape index (κ3) is 2.10. The van der Waals surface area contributed by atoms with E-state index < -0.39 is 0 Å². The topological polar surface area (TPSA) is 64.7 Å². The highest BCUT2D eigenvalue weighted by Crippen LogP contribution is 2.24. The zero-order chi connectivity index (χ0) is 10.8. The van der Waals surface area contributed by atoms with Crippen LogP contribution in [0.15, 0.2) is 28.9 Å². The lowest BCUT2D eigenvalue weighted by Gasteiger charge is -2.02. The van der Waals surface area contributed by atoms with Gasteiger partial charge in [0.15, 0.2) is 4.60 Å². The van der Waals surface area contributed by atoms with Crippen LogP contribution in [-0.2, 0) is 0 Å². The van der Waals surface area contributed by atoms with Gasteiger partial charge in [-0.3, -0.25) is 0 Å². The van der Waals surface area contributed by atoms with Crippen molar-refractivity contribution in [2.75, 3.05) is 5.73 Å². The van der Waals surface area contributed by atoms with Crippen LogP contribution in [0.4, 0.5) is 10.3 Å². The Hall–Kier alpha value is -1.56. The first-order chi connectivity index (χ1) is 7.16. The fraction of sp³-hybridized carbons (Fsp3) is 0. The Morgan fingerprint density at radius 1 is 1.27 bits per heavy atom. The molecule has 0 radical (unpaired) electrons. The number of rotatable bonds is 1. The Balaban J connectivity index is 2.58. The molecule has 0 aliphatic rings. The predicted octanol–water partition coefficient (Wildman–Crippen LogP) is 2.02. The largest absolute Gasteiger partial charge is 0.366 e. The molecular formula is C9H6BrFN4. The number of hydrogen-bond donors (Lipinski definition) is 1. The van der Waals surface area contributed by atoms with Gasteiger partial charge in [-0.05, 0) is 28.1 Å². The second kappa shape index (κ2) is 3.90. The van der Waals surface area contributed by atoms with Gasteiger partial charge >= 0.3 is 0 Å². The van der Waals surface area contributed by atoms with Gasteiger partial charge in [0.1, 0.15) is 11.5 Å². The van der Waals surface area contributed by atoms with E-state index >= 15 is 0 Å². The minimum absolute atomic E-state index is 0.0532. The van der Waals surface area contributed by atoms with Gasteiger partial charge in [0.25, 0.3) is 0 Å². The number of benzene rings is 1. The van der Waals surface area contributed by atoms with Gasteiger partial charge in [-0.25, -0.2) is 9.37 Å². The molecule has 6 heteroatoms. The normalized spacial score (nSPS) is 10.3. The summed E-state index contributed by atoms with van der Waals surface area (Å²) < 4.78 is 13.4. The quantitative estimate of drug-likeness (QED) is 0.860. The highest BCUT2D eigenvalue weighted by molar-refractivity contribution is 9.10. The van der Waals surface area contributed by atoms with Gasteiger partial charge in [-0.1, -0.05) is 12.1 Å². The Morgan fingerprint density at radius 2 is 2.07 bits per heavy atom. The summed E-state index contributed by atoms with van der Waals surface area (Å²) in [6, 6.07) is 6.02. The minimum Gasteiger partial charge on any atom is -0.366 e. The molecule has 0 fully saturated rings. The number of halogens is 2. The third-order valence-corrected chi connectivity index (χ3v) is 2.29. The molecule has 1 aromatic heterocycles. The van der Waals surface area contributed by atoms with Crippen LogP contribution in [0.3, 0.4) is 0 Å². The molecule has 2 rings (SSSR count). The zero-order valence-electron chi connectivity index (χ0n) is 7.48. The van der Waals surface area contributed by atoms with E-state index in [9.17, 15) is 4.39 Å². The average molecular weight is 269 g/mol. The van der Waals surface area contributed by atoms with Crippen molar-refractivity contribution in [2.45, 2.75) is 0 Å². The first-order valence-electron chi connectivity index (χ1n) is 4.08. The molecule has 0 bridgehead atoms. The van der Waals surface area contributed by atoms with E-state index in [1.165, 1.54) is 12.1 Å². The van der Waals surface area contributed by atoms with Crippen LogP contribution in [0.1, 0.15) is 0 Å². The molecule has 0 unspecified atom stereocenters. The fourth-order valence-electron chi connectivity index (χ4n) is 1.14. The molecule has 0 saturated carbocycles. The standard InChI is InChI=1S/C9H6BrFN4/c10-8-7(13-9(12)15-14-8)5-2-1-3-6(11)4-5/h1-4H,(H2,12,13,15). The SMILES string of the molecule is Nc1nnc(Br)c(-c2cccc(F)c2)n1. The van der Waals surface area contributed by atoms with Crippen molar-refractivity contribution in [3.8, 4) is 11.3 Å². The van der Waals surface area contributed by atoms with E-state index in [2.05, 4.69) is 31.1 Å².